The zero-order valence-electron chi connectivity index (χ0n) is 9.15. The van der Waals surface area contributed by atoms with Crippen molar-refractivity contribution in [2.45, 2.75) is 31.5 Å². The van der Waals surface area contributed by atoms with Crippen LogP contribution in [-0.2, 0) is 16.0 Å². The van der Waals surface area contributed by atoms with Gasteiger partial charge in [-0.3, -0.25) is 0 Å². The Balaban J connectivity index is 1.57. The van der Waals surface area contributed by atoms with Crippen molar-refractivity contribution < 1.29 is 13.9 Å². The largest absolute Gasteiger partial charge is 0.441 e. The number of hydrogen-bond acceptors (Lipinski definition) is 5. The lowest BCUT2D eigenvalue weighted by molar-refractivity contribution is -0.0978. The van der Waals surface area contributed by atoms with Crippen molar-refractivity contribution in [3.8, 4) is 0 Å². The van der Waals surface area contributed by atoms with E-state index in [1.165, 1.54) is 12.8 Å². The van der Waals surface area contributed by atoms with Gasteiger partial charge in [-0.2, -0.15) is 0 Å². The van der Waals surface area contributed by atoms with E-state index in [2.05, 4.69) is 10.3 Å². The van der Waals surface area contributed by atoms with Gasteiger partial charge in [-0.15, -0.1) is 0 Å². The van der Waals surface area contributed by atoms with Crippen molar-refractivity contribution in [2.24, 2.45) is 0 Å². The second kappa shape index (κ2) is 4.53. The summed E-state index contributed by atoms with van der Waals surface area (Å²) in [4.78, 5) is 4.23. The molecule has 2 fully saturated rings. The Morgan fingerprint density at radius 2 is 2.31 bits per heavy atom. The van der Waals surface area contributed by atoms with E-state index in [1.807, 2.05) is 0 Å². The molecule has 0 amide bonds. The lowest BCUT2D eigenvalue weighted by Crippen LogP contribution is -2.21. The van der Waals surface area contributed by atoms with Gasteiger partial charge in [-0.1, -0.05) is 0 Å². The molecule has 1 unspecified atom stereocenters. The predicted octanol–water partition coefficient (Wildman–Crippen LogP) is 1.01. The fourth-order valence-electron chi connectivity index (χ4n) is 1.73. The van der Waals surface area contributed by atoms with Gasteiger partial charge in [0.05, 0.1) is 32.6 Å². The fraction of sp³-hybridized carbons (Fsp3) is 0.727. The maximum Gasteiger partial charge on any atom is 0.208 e. The molecule has 2 aliphatic rings. The van der Waals surface area contributed by atoms with Crippen LogP contribution < -0.4 is 5.32 Å². The molecule has 1 atom stereocenters. The van der Waals surface area contributed by atoms with Crippen LogP contribution >= 0.6 is 0 Å². The average Bonchev–Trinajstić information content (AvgIpc) is 3.05. The summed E-state index contributed by atoms with van der Waals surface area (Å²) >= 11 is 0. The first-order valence-electron chi connectivity index (χ1n) is 5.79. The van der Waals surface area contributed by atoms with E-state index < -0.39 is 0 Å². The van der Waals surface area contributed by atoms with Crippen molar-refractivity contribution in [1.29, 1.82) is 0 Å². The molecule has 2 heterocycles. The van der Waals surface area contributed by atoms with Crippen LogP contribution in [0.2, 0.25) is 0 Å². The highest BCUT2D eigenvalue weighted by molar-refractivity contribution is 4.99. The van der Waals surface area contributed by atoms with Crippen molar-refractivity contribution in [3.05, 3.63) is 17.8 Å². The minimum Gasteiger partial charge on any atom is -0.441 e. The van der Waals surface area contributed by atoms with Gasteiger partial charge >= 0.3 is 0 Å². The zero-order chi connectivity index (χ0) is 10.8. The molecule has 1 aliphatic heterocycles. The van der Waals surface area contributed by atoms with Crippen LogP contribution in [0.3, 0.4) is 0 Å². The number of rotatable bonds is 4. The minimum atomic E-state index is -0.0871. The fourth-order valence-corrected chi connectivity index (χ4v) is 1.73. The quantitative estimate of drug-likeness (QED) is 0.827. The van der Waals surface area contributed by atoms with Gasteiger partial charge in [0, 0.05) is 6.04 Å². The summed E-state index contributed by atoms with van der Waals surface area (Å²) in [6.45, 7) is 2.56. The lowest BCUT2D eigenvalue weighted by atomic mass is 10.3. The van der Waals surface area contributed by atoms with Crippen molar-refractivity contribution in [1.82, 2.24) is 10.3 Å². The maximum atomic E-state index is 5.62. The molecule has 1 N–H and O–H groups in total. The molecule has 1 aliphatic carbocycles. The van der Waals surface area contributed by atoms with E-state index in [0.717, 1.165) is 11.7 Å². The van der Waals surface area contributed by atoms with Crippen molar-refractivity contribution in [3.63, 3.8) is 0 Å². The summed E-state index contributed by atoms with van der Waals surface area (Å²) in [7, 11) is 0. The van der Waals surface area contributed by atoms with Gasteiger partial charge in [0.2, 0.25) is 5.89 Å². The van der Waals surface area contributed by atoms with Crippen LogP contribution in [0.25, 0.3) is 0 Å². The van der Waals surface area contributed by atoms with Crippen LogP contribution in [0.5, 0.6) is 0 Å². The number of oxazole rings is 1. The number of hydrogen-bond donors (Lipinski definition) is 1. The third kappa shape index (κ3) is 2.42. The molecule has 1 saturated heterocycles. The smallest absolute Gasteiger partial charge is 0.208 e. The summed E-state index contributed by atoms with van der Waals surface area (Å²) in [6.07, 6.45) is 4.19. The molecule has 5 nitrogen and oxygen atoms in total. The molecule has 16 heavy (non-hydrogen) atoms. The molecule has 0 radical (unpaired) electrons. The Labute approximate surface area is 94.1 Å². The summed E-state index contributed by atoms with van der Waals surface area (Å²) in [5.74, 6) is 1.50. The van der Waals surface area contributed by atoms with E-state index >= 15 is 0 Å². The Hall–Kier alpha value is -0.910. The van der Waals surface area contributed by atoms with E-state index in [0.29, 0.717) is 32.4 Å². The lowest BCUT2D eigenvalue weighted by Gasteiger charge is -2.20. The number of nitrogens with one attached hydrogen (secondary N) is 1. The third-order valence-corrected chi connectivity index (χ3v) is 2.82. The van der Waals surface area contributed by atoms with Crippen LogP contribution in [0, 0.1) is 0 Å². The van der Waals surface area contributed by atoms with E-state index in [9.17, 15) is 0 Å². The van der Waals surface area contributed by atoms with Gasteiger partial charge in [-0.05, 0) is 12.8 Å². The first-order chi connectivity index (χ1) is 7.92. The summed E-state index contributed by atoms with van der Waals surface area (Å²) < 4.78 is 16.5. The Kier molecular flexibility index (Phi) is 2.90. The molecule has 1 saturated carbocycles. The first-order valence-corrected chi connectivity index (χ1v) is 5.79. The monoisotopic (exact) mass is 224 g/mol. The van der Waals surface area contributed by atoms with E-state index in [-0.39, 0.29) is 6.10 Å². The van der Waals surface area contributed by atoms with Gasteiger partial charge in [0.15, 0.2) is 5.76 Å². The number of ether oxygens (including phenoxy) is 2. The molecule has 88 valence electrons. The molecule has 5 heteroatoms. The normalized spacial score (nSPS) is 25.9. The second-order valence-electron chi connectivity index (χ2n) is 4.25. The third-order valence-electron chi connectivity index (χ3n) is 2.82. The van der Waals surface area contributed by atoms with Crippen molar-refractivity contribution in [2.75, 3.05) is 19.8 Å². The van der Waals surface area contributed by atoms with Crippen LogP contribution in [0.1, 0.15) is 30.6 Å². The zero-order valence-corrected chi connectivity index (χ0v) is 9.15. The van der Waals surface area contributed by atoms with Gasteiger partial charge < -0.3 is 19.2 Å². The standard InChI is InChI=1S/C11H16N2O3/c1-2-8(1)12-6-11-13-5-9(16-11)10-7-14-3-4-15-10/h5,8,10,12H,1-4,6-7H2. The molecular formula is C11H16N2O3. The summed E-state index contributed by atoms with van der Waals surface area (Å²) in [6, 6.07) is 0.671. The van der Waals surface area contributed by atoms with Gasteiger partial charge in [0.1, 0.15) is 6.10 Å². The topological polar surface area (TPSA) is 56.5 Å². The highest BCUT2D eigenvalue weighted by Crippen LogP contribution is 2.22. The predicted molar refractivity (Wildman–Crippen MR) is 55.9 cm³/mol. The first kappa shape index (κ1) is 10.3. The number of nitrogens with zero attached hydrogens (tertiary/aromatic N) is 1. The summed E-state index contributed by atoms with van der Waals surface area (Å²) in [5, 5.41) is 3.36. The summed E-state index contributed by atoms with van der Waals surface area (Å²) in [5.41, 5.74) is 0. The van der Waals surface area contributed by atoms with Crippen LogP contribution in [0.4, 0.5) is 0 Å². The molecule has 3 rings (SSSR count). The SMILES string of the molecule is c1nc(CNC2CC2)oc1C1COCCO1. The van der Waals surface area contributed by atoms with Gasteiger partial charge in [0.25, 0.3) is 0 Å². The maximum absolute atomic E-state index is 5.62. The average molecular weight is 224 g/mol. The highest BCUT2D eigenvalue weighted by Gasteiger charge is 2.23. The molecule has 1 aromatic rings. The minimum absolute atomic E-state index is 0.0871. The van der Waals surface area contributed by atoms with Gasteiger partial charge in [-0.25, -0.2) is 4.98 Å². The van der Waals surface area contributed by atoms with Crippen LogP contribution in [-0.4, -0.2) is 30.8 Å². The van der Waals surface area contributed by atoms with Crippen molar-refractivity contribution >= 4 is 0 Å². The number of aromatic nitrogens is 1. The van der Waals surface area contributed by atoms with E-state index in [1.54, 1.807) is 6.20 Å². The Bertz CT molecular complexity index is 343. The molecule has 0 bridgehead atoms. The highest BCUT2D eigenvalue weighted by atomic mass is 16.6. The Morgan fingerprint density at radius 1 is 1.38 bits per heavy atom. The second-order valence-corrected chi connectivity index (χ2v) is 4.25. The molecule has 0 aromatic carbocycles. The Morgan fingerprint density at radius 3 is 3.06 bits per heavy atom. The van der Waals surface area contributed by atoms with Crippen LogP contribution in [0.15, 0.2) is 10.6 Å². The molecule has 1 aromatic heterocycles. The van der Waals surface area contributed by atoms with E-state index in [4.69, 9.17) is 13.9 Å². The molecule has 0 spiro atoms. The molecular weight excluding hydrogens is 208 g/mol.